The SMILES string of the molecule is O=C(Nc1ccccc1)C1=NN(c2ccccc2)C(=O)C(=Cc2ccco2)S1. The van der Waals surface area contributed by atoms with E-state index in [1.807, 2.05) is 24.3 Å². The van der Waals surface area contributed by atoms with Crippen molar-refractivity contribution < 1.29 is 14.0 Å². The molecule has 1 N–H and O–H groups in total. The predicted molar refractivity (Wildman–Crippen MR) is 111 cm³/mol. The van der Waals surface area contributed by atoms with Crippen molar-refractivity contribution >= 4 is 46.1 Å². The lowest BCUT2D eigenvalue weighted by Crippen LogP contribution is -2.35. The zero-order chi connectivity index (χ0) is 19.3. The van der Waals surface area contributed by atoms with E-state index >= 15 is 0 Å². The van der Waals surface area contributed by atoms with Crippen LogP contribution in [0.5, 0.6) is 0 Å². The second-order valence-electron chi connectivity index (χ2n) is 5.80. The average Bonchev–Trinajstić information content (AvgIpc) is 3.24. The van der Waals surface area contributed by atoms with Crippen LogP contribution < -0.4 is 10.3 Å². The maximum Gasteiger partial charge on any atom is 0.285 e. The van der Waals surface area contributed by atoms with Gasteiger partial charge in [0, 0.05) is 11.8 Å². The van der Waals surface area contributed by atoms with Crippen LogP contribution in [0.1, 0.15) is 5.76 Å². The summed E-state index contributed by atoms with van der Waals surface area (Å²) in [5, 5.41) is 8.47. The summed E-state index contributed by atoms with van der Waals surface area (Å²) in [4.78, 5) is 26.0. The van der Waals surface area contributed by atoms with E-state index in [1.165, 1.54) is 11.3 Å². The van der Waals surface area contributed by atoms with Crippen molar-refractivity contribution in [3.8, 4) is 0 Å². The highest BCUT2D eigenvalue weighted by Gasteiger charge is 2.31. The van der Waals surface area contributed by atoms with Gasteiger partial charge in [-0.3, -0.25) is 9.59 Å². The van der Waals surface area contributed by atoms with E-state index < -0.39 is 5.91 Å². The molecule has 3 aromatic rings. The molecule has 28 heavy (non-hydrogen) atoms. The minimum atomic E-state index is -0.394. The Morgan fingerprint density at radius 1 is 1.00 bits per heavy atom. The van der Waals surface area contributed by atoms with Gasteiger partial charge < -0.3 is 9.73 Å². The fraction of sp³-hybridized carbons (Fsp3) is 0. The Bertz CT molecular complexity index is 1050. The lowest BCUT2D eigenvalue weighted by Gasteiger charge is -2.24. The quantitative estimate of drug-likeness (QED) is 0.673. The second kappa shape index (κ2) is 7.98. The third kappa shape index (κ3) is 3.89. The molecule has 0 saturated carbocycles. The maximum absolute atomic E-state index is 12.9. The molecule has 7 heteroatoms. The Balaban J connectivity index is 1.69. The monoisotopic (exact) mass is 389 g/mol. The van der Waals surface area contributed by atoms with E-state index in [0.717, 1.165) is 11.8 Å². The number of hydrogen-bond acceptors (Lipinski definition) is 5. The van der Waals surface area contributed by atoms with Crippen LogP contribution >= 0.6 is 11.8 Å². The molecule has 0 bridgehead atoms. The lowest BCUT2D eigenvalue weighted by molar-refractivity contribution is -0.114. The number of hydrazone groups is 1. The topological polar surface area (TPSA) is 74.9 Å². The van der Waals surface area contributed by atoms with Crippen LogP contribution in [0.15, 0.2) is 93.5 Å². The van der Waals surface area contributed by atoms with Gasteiger partial charge in [0.1, 0.15) is 5.76 Å². The van der Waals surface area contributed by atoms with Crippen LogP contribution in [0, 0.1) is 0 Å². The lowest BCUT2D eigenvalue weighted by atomic mass is 10.3. The molecule has 4 rings (SSSR count). The Hall–Kier alpha value is -3.58. The molecule has 0 spiro atoms. The standard InChI is InChI=1S/C21H15N3O3S/c25-19(22-15-8-3-1-4-9-15)20-23-24(16-10-5-2-6-11-16)21(26)18(28-20)14-17-12-7-13-27-17/h1-14H,(H,22,25). The molecular formula is C21H15N3O3S. The van der Waals surface area contributed by atoms with Crippen LogP contribution in [0.3, 0.4) is 0 Å². The first-order valence-electron chi connectivity index (χ1n) is 8.48. The number of hydrogen-bond donors (Lipinski definition) is 1. The molecule has 2 heterocycles. The molecule has 0 atom stereocenters. The summed E-state index contributed by atoms with van der Waals surface area (Å²) < 4.78 is 5.32. The molecule has 0 fully saturated rings. The summed E-state index contributed by atoms with van der Waals surface area (Å²) in [6.45, 7) is 0. The van der Waals surface area contributed by atoms with E-state index in [0.29, 0.717) is 22.0 Å². The number of nitrogens with zero attached hydrogens (tertiary/aromatic N) is 2. The molecule has 2 aromatic carbocycles. The van der Waals surface area contributed by atoms with E-state index in [9.17, 15) is 9.59 Å². The smallest absolute Gasteiger partial charge is 0.285 e. The number of nitrogens with one attached hydrogen (secondary N) is 1. The predicted octanol–water partition coefficient (Wildman–Crippen LogP) is 4.35. The summed E-state index contributed by atoms with van der Waals surface area (Å²) in [6, 6.07) is 21.5. The van der Waals surface area contributed by atoms with Crippen molar-refractivity contribution in [3.63, 3.8) is 0 Å². The first-order chi connectivity index (χ1) is 13.7. The van der Waals surface area contributed by atoms with Gasteiger partial charge >= 0.3 is 0 Å². The minimum Gasteiger partial charge on any atom is -0.465 e. The van der Waals surface area contributed by atoms with Gasteiger partial charge in [-0.2, -0.15) is 10.1 Å². The number of benzene rings is 2. The largest absolute Gasteiger partial charge is 0.465 e. The molecule has 2 amide bonds. The molecule has 1 aromatic heterocycles. The van der Waals surface area contributed by atoms with Gasteiger partial charge in [0.15, 0.2) is 5.04 Å². The van der Waals surface area contributed by atoms with Crippen molar-refractivity contribution in [3.05, 3.63) is 89.7 Å². The van der Waals surface area contributed by atoms with Gasteiger partial charge in [0.2, 0.25) is 0 Å². The van der Waals surface area contributed by atoms with Crippen molar-refractivity contribution in [1.82, 2.24) is 0 Å². The summed E-state index contributed by atoms with van der Waals surface area (Å²) >= 11 is 1.01. The fourth-order valence-corrected chi connectivity index (χ4v) is 3.37. The summed E-state index contributed by atoms with van der Waals surface area (Å²) in [7, 11) is 0. The number of carbonyl (C=O) groups is 2. The fourth-order valence-electron chi connectivity index (χ4n) is 2.54. The highest BCUT2D eigenvalue weighted by molar-refractivity contribution is 8.19. The van der Waals surface area contributed by atoms with Crippen LogP contribution in [0.2, 0.25) is 0 Å². The van der Waals surface area contributed by atoms with Gasteiger partial charge in [-0.1, -0.05) is 48.2 Å². The molecule has 1 aliphatic rings. The number of para-hydroxylation sites is 2. The van der Waals surface area contributed by atoms with Crippen molar-refractivity contribution in [2.45, 2.75) is 0 Å². The maximum atomic E-state index is 12.9. The van der Waals surface area contributed by atoms with E-state index in [-0.39, 0.29) is 11.0 Å². The number of amides is 2. The zero-order valence-electron chi connectivity index (χ0n) is 14.6. The molecule has 0 radical (unpaired) electrons. The van der Waals surface area contributed by atoms with Crippen molar-refractivity contribution in [2.75, 3.05) is 10.3 Å². The number of rotatable bonds is 4. The number of furan rings is 1. The van der Waals surface area contributed by atoms with Crippen LogP contribution in [0.25, 0.3) is 6.08 Å². The Morgan fingerprint density at radius 2 is 1.71 bits per heavy atom. The second-order valence-corrected chi connectivity index (χ2v) is 6.83. The van der Waals surface area contributed by atoms with Crippen molar-refractivity contribution in [2.24, 2.45) is 5.10 Å². The summed E-state index contributed by atoms with van der Waals surface area (Å²) in [5.41, 5.74) is 1.22. The van der Waals surface area contributed by atoms with Crippen LogP contribution in [-0.4, -0.2) is 16.9 Å². The number of carbonyl (C=O) groups excluding carboxylic acids is 2. The third-order valence-corrected chi connectivity index (χ3v) is 4.82. The molecule has 0 aliphatic carbocycles. The molecule has 0 saturated heterocycles. The van der Waals surface area contributed by atoms with Gasteiger partial charge in [0.25, 0.3) is 11.8 Å². The normalized spacial score (nSPS) is 15.4. The Kier molecular flexibility index (Phi) is 5.07. The van der Waals surface area contributed by atoms with Crippen LogP contribution in [-0.2, 0) is 9.59 Å². The zero-order valence-corrected chi connectivity index (χ0v) is 15.4. The Labute approximate surface area is 165 Å². The summed E-state index contributed by atoms with van der Waals surface area (Å²) in [6.07, 6.45) is 3.13. The van der Waals surface area contributed by atoms with Gasteiger partial charge in [-0.25, -0.2) is 0 Å². The van der Waals surface area contributed by atoms with Gasteiger partial charge in [-0.05, 0) is 36.4 Å². The van der Waals surface area contributed by atoms with E-state index in [1.54, 1.807) is 54.6 Å². The third-order valence-electron chi connectivity index (χ3n) is 3.84. The molecule has 0 unspecified atom stereocenters. The molecular weight excluding hydrogens is 374 g/mol. The minimum absolute atomic E-state index is 0.158. The first kappa shape index (κ1) is 17.8. The van der Waals surface area contributed by atoms with Crippen LogP contribution in [0.4, 0.5) is 11.4 Å². The molecule has 1 aliphatic heterocycles. The van der Waals surface area contributed by atoms with Crippen molar-refractivity contribution in [1.29, 1.82) is 0 Å². The summed E-state index contributed by atoms with van der Waals surface area (Å²) in [5.74, 6) is -0.201. The first-order valence-corrected chi connectivity index (χ1v) is 9.30. The molecule has 6 nitrogen and oxygen atoms in total. The van der Waals surface area contributed by atoms with Gasteiger partial charge in [-0.15, -0.1) is 0 Å². The average molecular weight is 389 g/mol. The highest BCUT2D eigenvalue weighted by Crippen LogP contribution is 2.31. The van der Waals surface area contributed by atoms with E-state index in [4.69, 9.17) is 4.42 Å². The molecule has 138 valence electrons. The number of thioether (sulfide) groups is 1. The number of anilines is 2. The van der Waals surface area contributed by atoms with E-state index in [2.05, 4.69) is 10.4 Å². The van der Waals surface area contributed by atoms with Gasteiger partial charge in [0.05, 0.1) is 16.9 Å². The Morgan fingerprint density at radius 3 is 2.39 bits per heavy atom. The highest BCUT2D eigenvalue weighted by atomic mass is 32.2.